The molecule has 29 heavy (non-hydrogen) atoms. The van der Waals surface area contributed by atoms with E-state index in [1.807, 2.05) is 25.1 Å². The smallest absolute Gasteiger partial charge is 0.338 e. The zero-order valence-electron chi connectivity index (χ0n) is 16.7. The molecule has 1 fully saturated rings. The number of rotatable bonds is 6. The van der Waals surface area contributed by atoms with E-state index in [4.69, 9.17) is 21.1 Å². The van der Waals surface area contributed by atoms with Crippen molar-refractivity contribution in [3.63, 3.8) is 0 Å². The maximum atomic E-state index is 12.4. The van der Waals surface area contributed by atoms with Crippen molar-refractivity contribution in [2.45, 2.75) is 26.5 Å². The van der Waals surface area contributed by atoms with Crippen LogP contribution >= 0.6 is 11.6 Å². The molecule has 0 radical (unpaired) electrons. The lowest BCUT2D eigenvalue weighted by Gasteiger charge is -2.23. The van der Waals surface area contributed by atoms with E-state index in [0.717, 1.165) is 44.0 Å². The maximum Gasteiger partial charge on any atom is 0.338 e. The third-order valence-corrected chi connectivity index (χ3v) is 5.19. The predicted octanol–water partition coefficient (Wildman–Crippen LogP) is 2.25. The fourth-order valence-corrected chi connectivity index (χ4v) is 3.30. The zero-order valence-corrected chi connectivity index (χ0v) is 17.4. The van der Waals surface area contributed by atoms with Gasteiger partial charge < -0.3 is 19.7 Å². The molecule has 0 saturated carbocycles. The summed E-state index contributed by atoms with van der Waals surface area (Å²) in [5.74, 6) is -0.933. The Labute approximate surface area is 175 Å². The molecule has 0 unspecified atom stereocenters. The maximum absolute atomic E-state index is 12.4. The molecule has 0 bridgehead atoms. The van der Waals surface area contributed by atoms with Crippen LogP contribution in [0, 0.1) is 6.92 Å². The second-order valence-electron chi connectivity index (χ2n) is 7.23. The first kappa shape index (κ1) is 21.3. The molecule has 6 nitrogen and oxygen atoms in total. The molecule has 2 aromatic carbocycles. The number of carbonyl (C=O) groups excluding carboxylic acids is 2. The molecule has 1 saturated heterocycles. The SMILES string of the molecule is Cc1ccc(Cl)cc1NC(=O)[C@H](C)OC(=O)c1ccc(C[NH+]2CCOCC2)cc1. The number of quaternary nitrogens is 1. The van der Waals surface area contributed by atoms with Gasteiger partial charge in [-0.15, -0.1) is 0 Å². The second kappa shape index (κ2) is 9.87. The summed E-state index contributed by atoms with van der Waals surface area (Å²) in [5.41, 5.74) is 3.05. The summed E-state index contributed by atoms with van der Waals surface area (Å²) in [5, 5.41) is 3.27. The number of hydrogen-bond acceptors (Lipinski definition) is 4. The molecule has 1 aliphatic rings. The topological polar surface area (TPSA) is 69.1 Å². The van der Waals surface area contributed by atoms with Crippen LogP contribution in [0.25, 0.3) is 0 Å². The number of carbonyl (C=O) groups is 2. The number of halogens is 1. The highest BCUT2D eigenvalue weighted by Crippen LogP contribution is 2.20. The van der Waals surface area contributed by atoms with E-state index in [1.165, 1.54) is 4.90 Å². The minimum Gasteiger partial charge on any atom is -0.449 e. The Morgan fingerprint density at radius 2 is 1.86 bits per heavy atom. The molecule has 0 aromatic heterocycles. The van der Waals surface area contributed by atoms with Crippen LogP contribution in [0.3, 0.4) is 0 Å². The van der Waals surface area contributed by atoms with Crippen molar-refractivity contribution < 1.29 is 24.0 Å². The van der Waals surface area contributed by atoms with Crippen LogP contribution in [0.1, 0.15) is 28.4 Å². The monoisotopic (exact) mass is 417 g/mol. The van der Waals surface area contributed by atoms with Crippen LogP contribution in [-0.4, -0.2) is 44.3 Å². The van der Waals surface area contributed by atoms with Gasteiger partial charge in [0.2, 0.25) is 0 Å². The van der Waals surface area contributed by atoms with Gasteiger partial charge in [-0.1, -0.05) is 29.8 Å². The van der Waals surface area contributed by atoms with E-state index in [0.29, 0.717) is 16.3 Å². The highest BCUT2D eigenvalue weighted by Gasteiger charge is 2.20. The molecule has 1 atom stereocenters. The van der Waals surface area contributed by atoms with E-state index in [2.05, 4.69) is 5.32 Å². The van der Waals surface area contributed by atoms with E-state index in [1.54, 1.807) is 31.2 Å². The van der Waals surface area contributed by atoms with Crippen molar-refractivity contribution in [2.75, 3.05) is 31.6 Å². The van der Waals surface area contributed by atoms with Gasteiger partial charge in [0, 0.05) is 16.3 Å². The van der Waals surface area contributed by atoms with Crippen molar-refractivity contribution in [1.29, 1.82) is 0 Å². The molecule has 154 valence electrons. The van der Waals surface area contributed by atoms with E-state index < -0.39 is 18.0 Å². The molecule has 2 aromatic rings. The van der Waals surface area contributed by atoms with Crippen LogP contribution in [-0.2, 0) is 20.8 Å². The molecule has 1 heterocycles. The lowest BCUT2D eigenvalue weighted by Crippen LogP contribution is -3.12. The lowest BCUT2D eigenvalue weighted by molar-refractivity contribution is -0.921. The van der Waals surface area contributed by atoms with Crippen LogP contribution in [0.2, 0.25) is 5.02 Å². The number of nitrogens with one attached hydrogen (secondary N) is 2. The molecule has 2 N–H and O–H groups in total. The molecule has 0 spiro atoms. The van der Waals surface area contributed by atoms with Gasteiger partial charge in [-0.2, -0.15) is 0 Å². The molecule has 3 rings (SSSR count). The van der Waals surface area contributed by atoms with Crippen LogP contribution in [0.5, 0.6) is 0 Å². The van der Waals surface area contributed by atoms with Gasteiger partial charge in [-0.05, 0) is 43.7 Å². The fourth-order valence-electron chi connectivity index (χ4n) is 3.13. The Bertz CT molecular complexity index is 864. The van der Waals surface area contributed by atoms with E-state index in [9.17, 15) is 9.59 Å². The third-order valence-electron chi connectivity index (χ3n) is 4.95. The Morgan fingerprint density at radius 3 is 2.55 bits per heavy atom. The minimum absolute atomic E-state index is 0.406. The number of benzene rings is 2. The average Bonchev–Trinajstić information content (AvgIpc) is 2.72. The van der Waals surface area contributed by atoms with Crippen LogP contribution in [0.4, 0.5) is 5.69 Å². The highest BCUT2D eigenvalue weighted by atomic mass is 35.5. The number of aryl methyl sites for hydroxylation is 1. The van der Waals surface area contributed by atoms with Gasteiger partial charge in [0.1, 0.15) is 19.6 Å². The standard InChI is InChI=1S/C22H25ClN2O4/c1-15-3-8-19(23)13-20(15)24-21(26)16(2)29-22(27)18-6-4-17(5-7-18)14-25-9-11-28-12-10-25/h3-8,13,16H,9-12,14H2,1-2H3,(H,24,26)/p+1/t16-/m0/s1. The third kappa shape index (κ3) is 6.03. The molecule has 1 amide bonds. The molecule has 1 aliphatic heterocycles. The quantitative estimate of drug-likeness (QED) is 0.707. The second-order valence-corrected chi connectivity index (χ2v) is 7.67. The summed E-state index contributed by atoms with van der Waals surface area (Å²) < 4.78 is 10.7. The number of anilines is 1. The first-order valence-electron chi connectivity index (χ1n) is 9.70. The van der Waals surface area contributed by atoms with Gasteiger partial charge in [-0.3, -0.25) is 4.79 Å². The molecular weight excluding hydrogens is 392 g/mol. The summed E-state index contributed by atoms with van der Waals surface area (Å²) in [6.07, 6.45) is -0.932. The van der Waals surface area contributed by atoms with Gasteiger partial charge in [-0.25, -0.2) is 4.79 Å². The molecule has 0 aliphatic carbocycles. The molecule has 7 heteroatoms. The number of esters is 1. The van der Waals surface area contributed by atoms with E-state index >= 15 is 0 Å². The average molecular weight is 418 g/mol. The summed E-state index contributed by atoms with van der Waals surface area (Å²) >= 11 is 5.97. The Hall–Kier alpha value is -2.41. The number of amides is 1. The predicted molar refractivity (Wildman–Crippen MR) is 111 cm³/mol. The summed E-state index contributed by atoms with van der Waals surface area (Å²) in [6.45, 7) is 7.86. The number of hydrogen-bond donors (Lipinski definition) is 2. The van der Waals surface area contributed by atoms with Crippen LogP contribution in [0.15, 0.2) is 42.5 Å². The first-order valence-corrected chi connectivity index (χ1v) is 10.1. The Balaban J connectivity index is 1.54. The van der Waals surface area contributed by atoms with Crippen molar-refractivity contribution >= 4 is 29.2 Å². The fraction of sp³-hybridized carbons (Fsp3) is 0.364. The summed E-state index contributed by atoms with van der Waals surface area (Å²) in [4.78, 5) is 26.2. The Kier molecular flexibility index (Phi) is 7.25. The van der Waals surface area contributed by atoms with E-state index in [-0.39, 0.29) is 0 Å². The van der Waals surface area contributed by atoms with Crippen LogP contribution < -0.4 is 10.2 Å². The van der Waals surface area contributed by atoms with Crippen molar-refractivity contribution in [1.82, 2.24) is 0 Å². The summed E-state index contributed by atoms with van der Waals surface area (Å²) in [7, 11) is 0. The van der Waals surface area contributed by atoms with Crippen molar-refractivity contribution in [2.24, 2.45) is 0 Å². The lowest BCUT2D eigenvalue weighted by atomic mass is 10.1. The highest BCUT2D eigenvalue weighted by molar-refractivity contribution is 6.31. The van der Waals surface area contributed by atoms with Gasteiger partial charge in [0.25, 0.3) is 5.91 Å². The van der Waals surface area contributed by atoms with Gasteiger partial charge >= 0.3 is 5.97 Å². The Morgan fingerprint density at radius 1 is 1.17 bits per heavy atom. The first-order chi connectivity index (χ1) is 13.9. The normalized spacial score (nSPS) is 15.6. The minimum atomic E-state index is -0.932. The van der Waals surface area contributed by atoms with Gasteiger partial charge in [0.05, 0.1) is 18.8 Å². The number of ether oxygens (including phenoxy) is 2. The number of morpholine rings is 1. The van der Waals surface area contributed by atoms with Crippen molar-refractivity contribution in [3.8, 4) is 0 Å². The zero-order chi connectivity index (χ0) is 20.8. The molecular formula is C22H26ClN2O4+. The van der Waals surface area contributed by atoms with Gasteiger partial charge in [0.15, 0.2) is 6.10 Å². The largest absolute Gasteiger partial charge is 0.449 e. The van der Waals surface area contributed by atoms with Crippen molar-refractivity contribution in [3.05, 3.63) is 64.2 Å². The summed E-state index contributed by atoms with van der Waals surface area (Å²) in [6, 6.07) is 12.6.